The zero-order valence-corrected chi connectivity index (χ0v) is 17.4. The molecule has 3 rings (SSSR count). The van der Waals surface area contributed by atoms with Gasteiger partial charge in [-0.05, 0) is 24.1 Å². The molecule has 28 heavy (non-hydrogen) atoms. The normalized spacial score (nSPS) is 23.7. The van der Waals surface area contributed by atoms with Crippen LogP contribution in [0.2, 0.25) is 0 Å². The number of nitrogens with one attached hydrogen (secondary N) is 1. The number of β-lactam (4-membered cyclic amide) rings is 1. The molecule has 1 aromatic rings. The molecule has 0 radical (unpaired) electrons. The third-order valence-corrected chi connectivity index (χ3v) is 6.24. The summed E-state index contributed by atoms with van der Waals surface area (Å²) in [4.78, 5) is 38.1. The number of ether oxygens (including phenoxy) is 2. The molecule has 2 amide bonds. The van der Waals surface area contributed by atoms with Crippen LogP contribution in [0.4, 0.5) is 0 Å². The van der Waals surface area contributed by atoms with Crippen LogP contribution in [-0.4, -0.2) is 63.7 Å². The van der Waals surface area contributed by atoms with Gasteiger partial charge in [0.15, 0.2) is 6.61 Å². The van der Waals surface area contributed by atoms with Crippen molar-refractivity contribution in [1.82, 2.24) is 10.2 Å². The summed E-state index contributed by atoms with van der Waals surface area (Å²) in [7, 11) is 1.31. The lowest BCUT2D eigenvalue weighted by Crippen LogP contribution is -2.80. The van der Waals surface area contributed by atoms with Gasteiger partial charge in [-0.1, -0.05) is 34.1 Å². The van der Waals surface area contributed by atoms with E-state index in [4.69, 9.17) is 9.47 Å². The minimum absolute atomic E-state index is 0.0318. The van der Waals surface area contributed by atoms with Crippen LogP contribution in [0.3, 0.4) is 0 Å². The van der Waals surface area contributed by atoms with Crippen molar-refractivity contribution in [2.45, 2.75) is 17.5 Å². The number of hydrogen-bond acceptors (Lipinski definition) is 6. The Labute approximate surface area is 174 Å². The second-order valence-electron chi connectivity index (χ2n) is 6.12. The highest BCUT2D eigenvalue weighted by Crippen LogP contribution is 2.47. The molecule has 0 spiro atoms. The second-order valence-corrected chi connectivity index (χ2v) is 7.99. The van der Waals surface area contributed by atoms with Gasteiger partial charge >= 0.3 is 5.97 Å². The number of carbonyl (C=O) groups is 3. The first kappa shape index (κ1) is 20.7. The summed E-state index contributed by atoms with van der Waals surface area (Å²) < 4.78 is 10.8. The lowest BCUT2D eigenvalue weighted by atomic mass is 9.97. The molecule has 2 aliphatic rings. The number of methoxy groups -OCH3 is 1. The fraction of sp³-hybridized carbons (Fsp3) is 0.389. The molecule has 2 heterocycles. The molecule has 2 N–H and O–H groups in total. The SMILES string of the molecule is COC1(NC(=O)COc2ccccc2)C(=O)N2C(C(=O)O)=C(CCBr)CS[C@H]21. The van der Waals surface area contributed by atoms with Gasteiger partial charge in [0.25, 0.3) is 17.5 Å². The van der Waals surface area contributed by atoms with Gasteiger partial charge in [-0.15, -0.1) is 11.8 Å². The number of alkyl halides is 1. The van der Waals surface area contributed by atoms with Crippen molar-refractivity contribution in [3.05, 3.63) is 41.6 Å². The molecule has 2 atom stereocenters. The zero-order chi connectivity index (χ0) is 20.3. The highest BCUT2D eigenvalue weighted by molar-refractivity contribution is 9.09. The minimum atomic E-state index is -1.61. The van der Waals surface area contributed by atoms with Crippen LogP contribution >= 0.6 is 27.7 Å². The summed E-state index contributed by atoms with van der Waals surface area (Å²) in [5, 5.41) is 12.1. The molecule has 2 aliphatic heterocycles. The third kappa shape index (κ3) is 3.63. The van der Waals surface area contributed by atoms with Crippen LogP contribution < -0.4 is 10.1 Å². The van der Waals surface area contributed by atoms with E-state index >= 15 is 0 Å². The highest BCUT2D eigenvalue weighted by Gasteiger charge is 2.66. The Morgan fingerprint density at radius 3 is 2.71 bits per heavy atom. The molecule has 150 valence electrons. The van der Waals surface area contributed by atoms with Gasteiger partial charge in [0.2, 0.25) is 0 Å². The maximum atomic E-state index is 12.8. The number of para-hydroxylation sites is 1. The van der Waals surface area contributed by atoms with E-state index < -0.39 is 28.9 Å². The van der Waals surface area contributed by atoms with E-state index in [1.165, 1.54) is 23.8 Å². The van der Waals surface area contributed by atoms with E-state index in [0.29, 0.717) is 28.8 Å². The summed E-state index contributed by atoms with van der Waals surface area (Å²) in [6.45, 7) is -0.295. The molecular formula is C18H19BrN2O6S. The third-order valence-electron chi connectivity index (χ3n) is 4.47. The zero-order valence-electron chi connectivity index (χ0n) is 15.0. The van der Waals surface area contributed by atoms with E-state index in [1.807, 2.05) is 6.07 Å². The molecule has 1 aromatic carbocycles. The minimum Gasteiger partial charge on any atom is -0.484 e. The topological polar surface area (TPSA) is 105 Å². The number of fused-ring (bicyclic) bond motifs is 1. The number of carboxylic acid groups (broad SMARTS) is 1. The van der Waals surface area contributed by atoms with Crippen molar-refractivity contribution in [3.63, 3.8) is 0 Å². The molecule has 1 unspecified atom stereocenters. The van der Waals surface area contributed by atoms with Gasteiger partial charge < -0.3 is 19.9 Å². The van der Waals surface area contributed by atoms with Crippen LogP contribution in [-0.2, 0) is 19.1 Å². The maximum absolute atomic E-state index is 12.8. The highest BCUT2D eigenvalue weighted by atomic mass is 79.9. The van der Waals surface area contributed by atoms with Crippen molar-refractivity contribution >= 4 is 45.5 Å². The quantitative estimate of drug-likeness (QED) is 0.337. The van der Waals surface area contributed by atoms with Gasteiger partial charge in [0, 0.05) is 18.2 Å². The van der Waals surface area contributed by atoms with Crippen molar-refractivity contribution < 1.29 is 29.0 Å². The van der Waals surface area contributed by atoms with Crippen LogP contribution in [0.25, 0.3) is 0 Å². The molecule has 0 bridgehead atoms. The Morgan fingerprint density at radius 2 is 2.11 bits per heavy atom. The average molecular weight is 471 g/mol. The number of amides is 2. The van der Waals surface area contributed by atoms with Gasteiger partial charge in [-0.2, -0.15) is 0 Å². The fourth-order valence-electron chi connectivity index (χ4n) is 3.16. The molecule has 1 fully saturated rings. The van der Waals surface area contributed by atoms with Crippen molar-refractivity contribution in [1.29, 1.82) is 0 Å². The summed E-state index contributed by atoms with van der Waals surface area (Å²) in [6.07, 6.45) is 0.516. The number of halogens is 1. The first-order valence-corrected chi connectivity index (χ1v) is 10.6. The lowest BCUT2D eigenvalue weighted by molar-refractivity contribution is -0.192. The Kier molecular flexibility index (Phi) is 6.31. The first-order valence-electron chi connectivity index (χ1n) is 8.45. The molecule has 10 heteroatoms. The fourth-order valence-corrected chi connectivity index (χ4v) is 5.12. The van der Waals surface area contributed by atoms with Crippen molar-refractivity contribution in [2.24, 2.45) is 0 Å². The summed E-state index contributed by atoms with van der Waals surface area (Å²) in [5.41, 5.74) is -0.972. The molecule has 0 saturated carbocycles. The predicted octanol–water partition coefficient (Wildman–Crippen LogP) is 1.56. The Bertz CT molecular complexity index is 818. The Balaban J connectivity index is 1.74. The number of nitrogens with zero attached hydrogens (tertiary/aromatic N) is 1. The van der Waals surface area contributed by atoms with Crippen LogP contribution in [0.15, 0.2) is 41.6 Å². The standard InChI is InChI=1S/C18H19BrN2O6S/c1-26-18(20-13(22)9-27-12-5-3-2-4-6-12)16(25)21-14(15(23)24)11(7-8-19)10-28-17(18)21/h2-6,17H,7-10H2,1H3,(H,20,22)(H,23,24)/t17-,18?/m0/s1. The lowest BCUT2D eigenvalue weighted by Gasteiger charge is -2.55. The number of benzene rings is 1. The number of carboxylic acids is 1. The number of aliphatic carboxylic acids is 1. The second kappa shape index (κ2) is 8.54. The largest absolute Gasteiger partial charge is 0.484 e. The summed E-state index contributed by atoms with van der Waals surface area (Å²) >= 11 is 4.66. The molecule has 0 aromatic heterocycles. The van der Waals surface area contributed by atoms with Gasteiger partial charge in [-0.25, -0.2) is 4.79 Å². The average Bonchev–Trinajstić information content (AvgIpc) is 2.70. The monoisotopic (exact) mass is 470 g/mol. The summed E-state index contributed by atoms with van der Waals surface area (Å²) in [5.74, 6) is -1.36. The Morgan fingerprint density at radius 1 is 1.39 bits per heavy atom. The smallest absolute Gasteiger partial charge is 0.352 e. The van der Waals surface area contributed by atoms with E-state index in [-0.39, 0.29) is 12.3 Å². The van der Waals surface area contributed by atoms with Crippen LogP contribution in [0.1, 0.15) is 6.42 Å². The molecule has 0 aliphatic carbocycles. The number of thioether (sulfide) groups is 1. The van der Waals surface area contributed by atoms with Gasteiger partial charge in [0.1, 0.15) is 16.8 Å². The number of rotatable bonds is 8. The van der Waals surface area contributed by atoms with E-state index in [0.717, 1.165) is 0 Å². The van der Waals surface area contributed by atoms with E-state index in [1.54, 1.807) is 24.3 Å². The maximum Gasteiger partial charge on any atom is 0.352 e. The van der Waals surface area contributed by atoms with Crippen molar-refractivity contribution in [2.75, 3.05) is 24.8 Å². The number of carbonyl (C=O) groups excluding carboxylic acids is 2. The van der Waals surface area contributed by atoms with Gasteiger partial charge in [-0.3, -0.25) is 14.5 Å². The predicted molar refractivity (Wildman–Crippen MR) is 106 cm³/mol. The molecular weight excluding hydrogens is 452 g/mol. The van der Waals surface area contributed by atoms with Crippen molar-refractivity contribution in [3.8, 4) is 5.75 Å². The first-order chi connectivity index (χ1) is 13.4. The van der Waals surface area contributed by atoms with Crippen LogP contribution in [0.5, 0.6) is 5.75 Å². The van der Waals surface area contributed by atoms with Gasteiger partial charge in [0.05, 0.1) is 0 Å². The van der Waals surface area contributed by atoms with E-state index in [9.17, 15) is 19.5 Å². The molecule has 8 nitrogen and oxygen atoms in total. The van der Waals surface area contributed by atoms with Crippen LogP contribution in [0, 0.1) is 0 Å². The summed E-state index contributed by atoms with van der Waals surface area (Å²) in [6, 6.07) is 8.80. The molecule has 1 saturated heterocycles. The Hall–Kier alpha value is -2.04. The number of hydrogen-bond donors (Lipinski definition) is 2. The van der Waals surface area contributed by atoms with E-state index in [2.05, 4.69) is 21.2 Å².